The van der Waals surface area contributed by atoms with Crippen LogP contribution in [-0.4, -0.2) is 37.0 Å². The summed E-state index contributed by atoms with van der Waals surface area (Å²) in [7, 11) is 6.17. The van der Waals surface area contributed by atoms with Crippen LogP contribution in [-0.2, 0) is 11.8 Å². The number of nitrogens with zero attached hydrogens (tertiary/aromatic N) is 1. The molecule has 41 heavy (non-hydrogen) atoms. The number of rotatable bonds is 5. The van der Waals surface area contributed by atoms with Crippen LogP contribution >= 0.6 is 0 Å². The number of aromatic nitrogens is 1. The zero-order valence-electron chi connectivity index (χ0n) is 22.6. The zero-order chi connectivity index (χ0) is 29.0. The number of hydrogen-bond acceptors (Lipinski definition) is 9. The Morgan fingerprint density at radius 1 is 0.927 bits per heavy atom. The van der Waals surface area contributed by atoms with Crippen LogP contribution in [0.1, 0.15) is 23.5 Å². The van der Waals surface area contributed by atoms with Crippen molar-refractivity contribution < 1.29 is 33.3 Å². The van der Waals surface area contributed by atoms with Crippen molar-refractivity contribution >= 4 is 27.8 Å². The molecule has 1 aliphatic heterocycles. The van der Waals surface area contributed by atoms with Gasteiger partial charge in [-0.1, -0.05) is 6.07 Å². The van der Waals surface area contributed by atoms with E-state index in [4.69, 9.17) is 23.4 Å². The number of aryl methyl sites for hydroxylation is 1. The summed E-state index contributed by atoms with van der Waals surface area (Å²) < 4.78 is 28.9. The molecule has 1 N–H and O–H groups in total. The van der Waals surface area contributed by atoms with Crippen molar-refractivity contribution in [1.29, 1.82) is 0 Å². The van der Waals surface area contributed by atoms with Crippen molar-refractivity contribution in [3.05, 3.63) is 86.5 Å². The molecular formula is C31H25NO9. The average Bonchev–Trinajstić information content (AvgIpc) is 2.97. The molecule has 1 aliphatic rings. The fourth-order valence-corrected chi connectivity index (χ4v) is 5.45. The highest BCUT2D eigenvalue weighted by Gasteiger charge is 2.35. The predicted octanol–water partition coefficient (Wildman–Crippen LogP) is 4.48. The highest BCUT2D eigenvalue weighted by atomic mass is 16.5. The molecular weight excluding hydrogens is 530 g/mol. The first kappa shape index (κ1) is 26.0. The van der Waals surface area contributed by atoms with Gasteiger partial charge < -0.3 is 33.0 Å². The number of esters is 1. The Labute approximate surface area is 232 Å². The van der Waals surface area contributed by atoms with Gasteiger partial charge in [-0.3, -0.25) is 14.4 Å². The molecule has 0 fully saturated rings. The number of carbonyl (C=O) groups excluding carboxylic acids is 1. The van der Waals surface area contributed by atoms with E-state index in [2.05, 4.69) is 0 Å². The monoisotopic (exact) mass is 555 g/mol. The van der Waals surface area contributed by atoms with Crippen LogP contribution in [0.15, 0.2) is 68.8 Å². The van der Waals surface area contributed by atoms with Gasteiger partial charge in [0.25, 0.3) is 5.56 Å². The summed E-state index contributed by atoms with van der Waals surface area (Å²) in [4.78, 5) is 40.1. The van der Waals surface area contributed by atoms with Gasteiger partial charge in [0.15, 0.2) is 11.5 Å². The maximum Gasteiger partial charge on any atom is 0.312 e. The van der Waals surface area contributed by atoms with Crippen LogP contribution < -0.4 is 29.9 Å². The van der Waals surface area contributed by atoms with Crippen molar-refractivity contribution in [2.75, 3.05) is 21.3 Å². The van der Waals surface area contributed by atoms with Gasteiger partial charge in [-0.05, 0) is 41.3 Å². The topological polar surface area (TPSA) is 126 Å². The lowest BCUT2D eigenvalue weighted by Crippen LogP contribution is -2.29. The number of phenols is 1. The van der Waals surface area contributed by atoms with Gasteiger partial charge in [-0.15, -0.1) is 0 Å². The molecule has 0 bridgehead atoms. The number of methoxy groups -OCH3 is 3. The van der Waals surface area contributed by atoms with E-state index in [9.17, 15) is 19.5 Å². The van der Waals surface area contributed by atoms with E-state index in [0.29, 0.717) is 39.5 Å². The summed E-state index contributed by atoms with van der Waals surface area (Å²) >= 11 is 0. The molecule has 1 atom stereocenters. The normalized spacial score (nSPS) is 14.5. The lowest BCUT2D eigenvalue weighted by atomic mass is 9.85. The molecule has 0 saturated heterocycles. The molecule has 0 amide bonds. The van der Waals surface area contributed by atoms with Crippen molar-refractivity contribution in [3.63, 3.8) is 0 Å². The molecule has 0 unspecified atom stereocenters. The highest BCUT2D eigenvalue weighted by molar-refractivity contribution is 5.94. The Hall–Kier alpha value is -5.25. The Morgan fingerprint density at radius 2 is 1.71 bits per heavy atom. The van der Waals surface area contributed by atoms with Gasteiger partial charge in [0.2, 0.25) is 5.43 Å². The summed E-state index contributed by atoms with van der Waals surface area (Å²) in [5.41, 5.74) is 1.16. The molecule has 6 rings (SSSR count). The molecule has 0 aliphatic carbocycles. The maximum atomic E-state index is 13.8. The standard InChI is InChI=1S/C31H25NO9/c1-32-21-11-17(37-2)7-5-16(21)9-19(31(32)36)18-12-26(34)41-25-13-22(33)28-29(35)20(14-40-30(28)27(18)25)15-6-8-23(38-3)24(10-15)39-4/h5-11,13-14,18,33H,12H2,1-4H3/t18-/m0/s1. The molecule has 2 aromatic heterocycles. The fraction of sp³-hybridized carbons (Fsp3) is 0.194. The molecule has 10 heteroatoms. The minimum atomic E-state index is -0.797. The molecule has 3 aromatic carbocycles. The second kappa shape index (κ2) is 9.74. The van der Waals surface area contributed by atoms with Gasteiger partial charge in [0.1, 0.15) is 34.5 Å². The number of fused-ring (bicyclic) bond motifs is 4. The first-order valence-electron chi connectivity index (χ1n) is 12.7. The summed E-state index contributed by atoms with van der Waals surface area (Å²) in [6, 6.07) is 13.3. The highest BCUT2D eigenvalue weighted by Crippen LogP contribution is 2.45. The van der Waals surface area contributed by atoms with E-state index in [1.807, 2.05) is 6.07 Å². The molecule has 208 valence electrons. The average molecular weight is 556 g/mol. The van der Waals surface area contributed by atoms with E-state index in [1.165, 1.54) is 31.1 Å². The van der Waals surface area contributed by atoms with Crippen LogP contribution in [0.5, 0.6) is 28.7 Å². The second-order valence-corrected chi connectivity index (χ2v) is 9.68. The summed E-state index contributed by atoms with van der Waals surface area (Å²) in [5.74, 6) is -0.274. The number of carbonyl (C=O) groups is 1. The summed E-state index contributed by atoms with van der Waals surface area (Å²) in [6.45, 7) is 0. The molecule has 0 radical (unpaired) electrons. The molecule has 5 aromatic rings. The summed E-state index contributed by atoms with van der Waals surface area (Å²) in [5, 5.41) is 11.6. The first-order valence-corrected chi connectivity index (χ1v) is 12.7. The largest absolute Gasteiger partial charge is 0.507 e. The smallest absolute Gasteiger partial charge is 0.312 e. The number of ether oxygens (including phenoxy) is 4. The van der Waals surface area contributed by atoms with Crippen molar-refractivity contribution in [1.82, 2.24) is 4.57 Å². The SMILES string of the molecule is COc1ccc2cc([C@@H]3CC(=O)Oc4cc(O)c5c(=O)c(-c6ccc(OC)c(OC)c6)coc5c43)c(=O)n(C)c2c1. The van der Waals surface area contributed by atoms with E-state index in [0.717, 1.165) is 5.39 Å². The third-order valence-corrected chi connectivity index (χ3v) is 7.50. The van der Waals surface area contributed by atoms with E-state index >= 15 is 0 Å². The summed E-state index contributed by atoms with van der Waals surface area (Å²) in [6.07, 6.45) is 1.12. The zero-order valence-corrected chi connectivity index (χ0v) is 22.6. The maximum absolute atomic E-state index is 13.8. The molecule has 0 spiro atoms. The lowest BCUT2D eigenvalue weighted by molar-refractivity contribution is -0.135. The van der Waals surface area contributed by atoms with Crippen molar-refractivity contribution in [3.8, 4) is 39.9 Å². The van der Waals surface area contributed by atoms with E-state index < -0.39 is 23.1 Å². The number of benzene rings is 3. The third kappa shape index (κ3) is 4.07. The Balaban J connectivity index is 1.59. The third-order valence-electron chi connectivity index (χ3n) is 7.50. The number of aromatic hydroxyl groups is 1. The van der Waals surface area contributed by atoms with Crippen LogP contribution in [0.4, 0.5) is 0 Å². The van der Waals surface area contributed by atoms with Gasteiger partial charge in [-0.2, -0.15) is 0 Å². The molecule has 10 nitrogen and oxygen atoms in total. The molecule has 3 heterocycles. The Morgan fingerprint density at radius 3 is 2.44 bits per heavy atom. The first-order chi connectivity index (χ1) is 19.7. The minimum absolute atomic E-state index is 0.0233. The fourth-order valence-electron chi connectivity index (χ4n) is 5.45. The van der Waals surface area contributed by atoms with E-state index in [1.54, 1.807) is 50.6 Å². The van der Waals surface area contributed by atoms with Crippen LogP contribution in [0, 0.1) is 0 Å². The van der Waals surface area contributed by atoms with Gasteiger partial charge in [0, 0.05) is 36.2 Å². The number of hydrogen-bond donors (Lipinski definition) is 1. The quantitative estimate of drug-likeness (QED) is 0.247. The number of pyridine rings is 1. The Kier molecular flexibility index (Phi) is 6.18. The molecule has 0 saturated carbocycles. The van der Waals surface area contributed by atoms with Crippen LogP contribution in [0.2, 0.25) is 0 Å². The van der Waals surface area contributed by atoms with Crippen LogP contribution in [0.25, 0.3) is 33.0 Å². The second-order valence-electron chi connectivity index (χ2n) is 9.68. The predicted molar refractivity (Wildman–Crippen MR) is 151 cm³/mol. The van der Waals surface area contributed by atoms with Crippen LogP contribution in [0.3, 0.4) is 0 Å². The van der Waals surface area contributed by atoms with Gasteiger partial charge in [-0.25, -0.2) is 0 Å². The van der Waals surface area contributed by atoms with Gasteiger partial charge in [0.05, 0.1) is 38.8 Å². The van der Waals surface area contributed by atoms with Crippen molar-refractivity contribution in [2.24, 2.45) is 7.05 Å². The van der Waals surface area contributed by atoms with E-state index in [-0.39, 0.29) is 34.3 Å². The Bertz CT molecular complexity index is 2000. The van der Waals surface area contributed by atoms with Crippen molar-refractivity contribution in [2.45, 2.75) is 12.3 Å². The lowest BCUT2D eigenvalue weighted by Gasteiger charge is -2.26. The number of phenolic OH excluding ortho intramolecular Hbond substituents is 1. The minimum Gasteiger partial charge on any atom is -0.507 e. The van der Waals surface area contributed by atoms with Gasteiger partial charge >= 0.3 is 5.97 Å².